The van der Waals surface area contributed by atoms with Gasteiger partial charge in [-0.05, 0) is 12.5 Å². The lowest BCUT2D eigenvalue weighted by atomic mass is 10.1. The van der Waals surface area contributed by atoms with Crippen molar-refractivity contribution in [1.29, 1.82) is 0 Å². The molecule has 1 rings (SSSR count). The number of carbonyl (C=O) groups is 1. The van der Waals surface area contributed by atoms with Crippen LogP contribution in [0.25, 0.3) is 0 Å². The maximum absolute atomic E-state index is 10.8. The number of hydrogen-bond acceptors (Lipinski definition) is 1. The Morgan fingerprint density at radius 3 is 2.17 bits per heavy atom. The van der Waals surface area contributed by atoms with Crippen LogP contribution in [0.4, 0.5) is 10.5 Å². The number of anilines is 1. The fraction of sp³-hybridized carbons (Fsp3) is 0.667. The highest BCUT2D eigenvalue weighted by Crippen LogP contribution is 2.10. The van der Waals surface area contributed by atoms with Crippen molar-refractivity contribution in [2.24, 2.45) is 5.73 Å². The largest absolute Gasteiger partial charge is 1.00 e. The number of pyridine rings is 1. The van der Waals surface area contributed by atoms with Crippen LogP contribution < -0.4 is 28.0 Å². The number of unbranched alkanes of at least 4 members (excludes halogenated alkanes) is 9. The minimum Gasteiger partial charge on any atom is -1.00 e. The lowest BCUT2D eigenvalue weighted by molar-refractivity contribution is -0.696. The summed E-state index contributed by atoms with van der Waals surface area (Å²) < 4.78 is 2.11. The third-order valence-electron chi connectivity index (χ3n) is 3.90. The van der Waals surface area contributed by atoms with Crippen LogP contribution in [-0.2, 0) is 6.54 Å². The molecule has 0 aliphatic carbocycles. The van der Waals surface area contributed by atoms with Gasteiger partial charge in [-0.15, -0.1) is 0 Å². The molecule has 1 heterocycles. The molecular weight excluding hydrogens is 310 g/mol. The van der Waals surface area contributed by atoms with Crippen molar-refractivity contribution in [1.82, 2.24) is 0 Å². The van der Waals surface area contributed by atoms with Gasteiger partial charge in [0.2, 0.25) is 0 Å². The molecule has 0 fully saturated rings. The number of urea groups is 1. The zero-order chi connectivity index (χ0) is 16.0. The van der Waals surface area contributed by atoms with E-state index in [9.17, 15) is 4.79 Å². The van der Waals surface area contributed by atoms with Crippen LogP contribution in [0.1, 0.15) is 71.1 Å². The Hall–Kier alpha value is -1.29. The molecule has 2 amide bonds. The zero-order valence-corrected chi connectivity index (χ0v) is 15.2. The quantitative estimate of drug-likeness (QED) is 0.438. The maximum atomic E-state index is 10.8. The number of amides is 2. The van der Waals surface area contributed by atoms with Gasteiger partial charge < -0.3 is 23.5 Å². The molecule has 0 aromatic carbocycles. The second-order valence-electron chi connectivity index (χ2n) is 6.00. The predicted molar refractivity (Wildman–Crippen MR) is 91.7 cm³/mol. The molecule has 0 aliphatic rings. The van der Waals surface area contributed by atoms with E-state index in [1.54, 1.807) is 0 Å². The predicted octanol–water partition coefficient (Wildman–Crippen LogP) is 1.39. The number of halogens is 1. The first-order chi connectivity index (χ1) is 10.7. The van der Waals surface area contributed by atoms with E-state index in [-0.39, 0.29) is 12.4 Å². The highest BCUT2D eigenvalue weighted by molar-refractivity contribution is 5.87. The number of nitrogens with one attached hydrogen (secondary N) is 1. The van der Waals surface area contributed by atoms with Gasteiger partial charge in [-0.3, -0.25) is 0 Å². The third-order valence-corrected chi connectivity index (χ3v) is 3.90. The molecule has 0 saturated carbocycles. The molecule has 3 N–H and O–H groups in total. The van der Waals surface area contributed by atoms with Crippen LogP contribution in [0.5, 0.6) is 0 Å². The van der Waals surface area contributed by atoms with Gasteiger partial charge in [0.1, 0.15) is 12.2 Å². The third kappa shape index (κ3) is 11.9. The summed E-state index contributed by atoms with van der Waals surface area (Å²) in [5.74, 6) is 0. The normalized spacial score (nSPS) is 10.1. The molecule has 4 nitrogen and oxygen atoms in total. The van der Waals surface area contributed by atoms with E-state index in [1.807, 2.05) is 24.5 Å². The Kier molecular flexibility index (Phi) is 13.5. The van der Waals surface area contributed by atoms with Crippen molar-refractivity contribution >= 4 is 11.7 Å². The molecule has 0 bridgehead atoms. The fourth-order valence-electron chi connectivity index (χ4n) is 2.66. The molecule has 1 aromatic heterocycles. The fourth-order valence-corrected chi connectivity index (χ4v) is 2.66. The number of nitrogens with zero attached hydrogens (tertiary/aromatic N) is 1. The van der Waals surface area contributed by atoms with E-state index in [0.717, 1.165) is 12.2 Å². The number of carbonyl (C=O) groups excluding carboxylic acids is 1. The summed E-state index contributed by atoms with van der Waals surface area (Å²) in [4.78, 5) is 10.8. The van der Waals surface area contributed by atoms with Gasteiger partial charge in [-0.1, -0.05) is 58.3 Å². The van der Waals surface area contributed by atoms with Crippen LogP contribution >= 0.6 is 0 Å². The first-order valence-corrected chi connectivity index (χ1v) is 8.78. The summed E-state index contributed by atoms with van der Waals surface area (Å²) in [6.45, 7) is 3.25. The smallest absolute Gasteiger partial charge is 0.316 e. The number of rotatable bonds is 12. The number of aryl methyl sites for hydroxylation is 1. The number of hydrogen-bond donors (Lipinski definition) is 2. The van der Waals surface area contributed by atoms with Crippen LogP contribution in [0, 0.1) is 0 Å². The van der Waals surface area contributed by atoms with Crippen LogP contribution in [0.15, 0.2) is 24.5 Å². The van der Waals surface area contributed by atoms with E-state index >= 15 is 0 Å². The van der Waals surface area contributed by atoms with Crippen molar-refractivity contribution in [2.45, 2.75) is 77.7 Å². The molecule has 5 heteroatoms. The standard InChI is InChI=1S/C18H31N3O.ClH/c1-2-3-4-5-6-7-8-9-10-11-14-21-15-12-13-17(16-21)20-18(19)22;/h12-13,15-16H,2-11,14H2,1H3,(H2-,19,20,22);1H. The SMILES string of the molecule is CCCCCCCCCCCC[n+]1cccc(NC(N)=O)c1.[Cl-]. The summed E-state index contributed by atoms with van der Waals surface area (Å²) in [5, 5.41) is 2.60. The van der Waals surface area contributed by atoms with Gasteiger partial charge in [0.25, 0.3) is 0 Å². The maximum Gasteiger partial charge on any atom is 0.316 e. The van der Waals surface area contributed by atoms with Crippen molar-refractivity contribution in [3.63, 3.8) is 0 Å². The summed E-state index contributed by atoms with van der Waals surface area (Å²) in [7, 11) is 0. The van der Waals surface area contributed by atoms with E-state index < -0.39 is 6.03 Å². The monoisotopic (exact) mass is 341 g/mol. The first kappa shape index (κ1) is 21.7. The summed E-state index contributed by atoms with van der Waals surface area (Å²) in [6.07, 6.45) is 17.4. The molecule has 0 spiro atoms. The van der Waals surface area contributed by atoms with Crippen molar-refractivity contribution < 1.29 is 21.8 Å². The summed E-state index contributed by atoms with van der Waals surface area (Å²) in [6, 6.07) is 3.26. The number of aromatic nitrogens is 1. The van der Waals surface area contributed by atoms with Crippen molar-refractivity contribution in [3.8, 4) is 0 Å². The van der Waals surface area contributed by atoms with E-state index in [1.165, 1.54) is 64.2 Å². The molecular formula is C18H32ClN3O. The lowest BCUT2D eigenvalue weighted by Crippen LogP contribution is -3.00. The Morgan fingerprint density at radius 2 is 1.61 bits per heavy atom. The van der Waals surface area contributed by atoms with Gasteiger partial charge in [0, 0.05) is 12.5 Å². The Balaban J connectivity index is 0.00000484. The molecule has 23 heavy (non-hydrogen) atoms. The molecule has 0 radical (unpaired) electrons. The average molecular weight is 342 g/mol. The van der Waals surface area contributed by atoms with E-state index in [2.05, 4.69) is 16.8 Å². The zero-order valence-electron chi connectivity index (χ0n) is 14.4. The van der Waals surface area contributed by atoms with Crippen molar-refractivity contribution in [2.75, 3.05) is 5.32 Å². The van der Waals surface area contributed by atoms with Gasteiger partial charge >= 0.3 is 6.03 Å². The summed E-state index contributed by atoms with van der Waals surface area (Å²) in [5.41, 5.74) is 5.87. The first-order valence-electron chi connectivity index (χ1n) is 8.78. The highest BCUT2D eigenvalue weighted by atomic mass is 35.5. The Morgan fingerprint density at radius 1 is 1.04 bits per heavy atom. The Bertz CT molecular complexity index is 426. The van der Waals surface area contributed by atoms with Crippen molar-refractivity contribution in [3.05, 3.63) is 24.5 Å². The molecule has 0 saturated heterocycles. The lowest BCUT2D eigenvalue weighted by Gasteiger charge is -2.02. The number of primary amides is 1. The molecule has 0 atom stereocenters. The van der Waals surface area contributed by atoms with E-state index in [0.29, 0.717) is 0 Å². The van der Waals surface area contributed by atoms with Crippen LogP contribution in [0.2, 0.25) is 0 Å². The number of nitrogens with two attached hydrogens (primary N) is 1. The van der Waals surface area contributed by atoms with Gasteiger partial charge in [0.05, 0.1) is 0 Å². The van der Waals surface area contributed by atoms with Crippen LogP contribution in [0.3, 0.4) is 0 Å². The molecule has 0 unspecified atom stereocenters. The van der Waals surface area contributed by atoms with Crippen LogP contribution in [-0.4, -0.2) is 6.03 Å². The highest BCUT2D eigenvalue weighted by Gasteiger charge is 2.04. The molecule has 132 valence electrons. The van der Waals surface area contributed by atoms with Gasteiger partial charge in [-0.25, -0.2) is 9.36 Å². The van der Waals surface area contributed by atoms with Gasteiger partial charge in [0.15, 0.2) is 12.4 Å². The van der Waals surface area contributed by atoms with E-state index in [4.69, 9.17) is 5.73 Å². The Labute approximate surface area is 147 Å². The minimum atomic E-state index is -0.517. The second kappa shape index (κ2) is 14.3. The second-order valence-corrected chi connectivity index (χ2v) is 6.00. The molecule has 0 aliphatic heterocycles. The summed E-state index contributed by atoms with van der Waals surface area (Å²) >= 11 is 0. The minimum absolute atomic E-state index is 0. The average Bonchev–Trinajstić information content (AvgIpc) is 2.49. The topological polar surface area (TPSA) is 59.0 Å². The molecule has 1 aromatic rings. The van der Waals surface area contributed by atoms with Gasteiger partial charge in [-0.2, -0.15) is 0 Å².